The highest BCUT2D eigenvalue weighted by atomic mass is 35.5. The summed E-state index contributed by atoms with van der Waals surface area (Å²) >= 11 is 0. The zero-order valence-corrected chi connectivity index (χ0v) is 11.7. The largest absolute Gasteiger partial charge is 0.316 e. The van der Waals surface area contributed by atoms with Crippen molar-refractivity contribution in [2.75, 3.05) is 32.7 Å². The van der Waals surface area contributed by atoms with Gasteiger partial charge in [0.05, 0.1) is 0 Å². The molecule has 2 atom stereocenters. The Morgan fingerprint density at radius 1 is 0.882 bits per heavy atom. The van der Waals surface area contributed by atoms with Gasteiger partial charge in [-0.05, 0) is 43.7 Å². The predicted octanol–water partition coefficient (Wildman–Crippen LogP) is 2.53. The molecule has 0 bridgehead atoms. The fraction of sp³-hybridized carbons (Fsp3) is 1.00. The van der Waals surface area contributed by atoms with Gasteiger partial charge in [-0.15, -0.1) is 12.4 Å². The van der Waals surface area contributed by atoms with Crippen molar-refractivity contribution >= 4 is 12.4 Å². The van der Waals surface area contributed by atoms with Crippen LogP contribution in [0.1, 0.15) is 38.5 Å². The van der Waals surface area contributed by atoms with Crippen LogP contribution in [-0.2, 0) is 0 Å². The van der Waals surface area contributed by atoms with E-state index in [4.69, 9.17) is 0 Å². The smallest absolute Gasteiger partial charge is 0.00257 e. The van der Waals surface area contributed by atoms with Gasteiger partial charge in [0.1, 0.15) is 0 Å². The van der Waals surface area contributed by atoms with Crippen LogP contribution in [-0.4, -0.2) is 37.6 Å². The standard InChI is InChI=1S/C14H26N2.ClH/c1-2-4-6-12(5-3-1)9-16-10-13-7-15-8-14(13)11-16;/h12-15H,1-11H2;1H/t13-,14+;. The molecule has 17 heavy (non-hydrogen) atoms. The minimum atomic E-state index is 0. The van der Waals surface area contributed by atoms with Crippen LogP contribution >= 0.6 is 12.4 Å². The van der Waals surface area contributed by atoms with E-state index in [0.717, 1.165) is 17.8 Å². The average Bonchev–Trinajstić information content (AvgIpc) is 2.72. The Hall–Kier alpha value is 0.210. The molecule has 3 fully saturated rings. The van der Waals surface area contributed by atoms with Gasteiger partial charge in [-0.1, -0.05) is 25.7 Å². The molecule has 100 valence electrons. The summed E-state index contributed by atoms with van der Waals surface area (Å²) in [5.74, 6) is 2.98. The van der Waals surface area contributed by atoms with Crippen molar-refractivity contribution in [1.82, 2.24) is 10.2 Å². The van der Waals surface area contributed by atoms with Crippen LogP contribution in [0.25, 0.3) is 0 Å². The fourth-order valence-electron chi connectivity index (χ4n) is 4.01. The lowest BCUT2D eigenvalue weighted by Crippen LogP contribution is -2.30. The van der Waals surface area contributed by atoms with Crippen LogP contribution in [0.3, 0.4) is 0 Å². The molecular formula is C14H27ClN2. The van der Waals surface area contributed by atoms with Gasteiger partial charge in [-0.3, -0.25) is 0 Å². The topological polar surface area (TPSA) is 15.3 Å². The molecular weight excluding hydrogens is 232 g/mol. The van der Waals surface area contributed by atoms with E-state index in [1.807, 2.05) is 0 Å². The van der Waals surface area contributed by atoms with Gasteiger partial charge in [0.15, 0.2) is 0 Å². The van der Waals surface area contributed by atoms with E-state index < -0.39 is 0 Å². The maximum absolute atomic E-state index is 3.53. The van der Waals surface area contributed by atoms with Crippen molar-refractivity contribution < 1.29 is 0 Å². The van der Waals surface area contributed by atoms with E-state index >= 15 is 0 Å². The third kappa shape index (κ3) is 3.36. The molecule has 0 aromatic heterocycles. The molecule has 0 aromatic carbocycles. The number of nitrogens with one attached hydrogen (secondary N) is 1. The maximum atomic E-state index is 3.53. The quantitative estimate of drug-likeness (QED) is 0.766. The van der Waals surface area contributed by atoms with Gasteiger partial charge in [0, 0.05) is 19.6 Å². The summed E-state index contributed by atoms with van der Waals surface area (Å²) < 4.78 is 0. The molecule has 3 aliphatic rings. The molecule has 2 nitrogen and oxygen atoms in total. The highest BCUT2D eigenvalue weighted by Crippen LogP contribution is 2.29. The van der Waals surface area contributed by atoms with Crippen LogP contribution in [0.2, 0.25) is 0 Å². The molecule has 0 unspecified atom stereocenters. The van der Waals surface area contributed by atoms with E-state index in [2.05, 4.69) is 10.2 Å². The van der Waals surface area contributed by atoms with Crippen LogP contribution < -0.4 is 5.32 Å². The van der Waals surface area contributed by atoms with Gasteiger partial charge >= 0.3 is 0 Å². The second-order valence-corrected chi connectivity index (χ2v) is 6.25. The van der Waals surface area contributed by atoms with Gasteiger partial charge in [-0.2, -0.15) is 0 Å². The fourth-order valence-corrected chi connectivity index (χ4v) is 4.01. The summed E-state index contributed by atoms with van der Waals surface area (Å²) in [5.41, 5.74) is 0. The van der Waals surface area contributed by atoms with E-state index in [9.17, 15) is 0 Å². The van der Waals surface area contributed by atoms with E-state index in [1.54, 1.807) is 0 Å². The zero-order chi connectivity index (χ0) is 10.8. The van der Waals surface area contributed by atoms with Crippen molar-refractivity contribution in [1.29, 1.82) is 0 Å². The second kappa shape index (κ2) is 6.40. The Bertz CT molecular complexity index is 214. The normalized spacial score (nSPS) is 35.3. The Kier molecular flexibility index (Phi) is 5.13. The van der Waals surface area contributed by atoms with Crippen molar-refractivity contribution in [2.24, 2.45) is 17.8 Å². The lowest BCUT2D eigenvalue weighted by molar-refractivity contribution is 0.246. The SMILES string of the molecule is C1CCCC(CN2C[C@H]3CNC[C@H]3C2)CC1.Cl. The second-order valence-electron chi connectivity index (χ2n) is 6.25. The lowest BCUT2D eigenvalue weighted by atomic mass is 10.00. The van der Waals surface area contributed by atoms with E-state index in [-0.39, 0.29) is 12.4 Å². The Balaban J connectivity index is 0.00000108. The highest BCUT2D eigenvalue weighted by Gasteiger charge is 2.36. The minimum absolute atomic E-state index is 0. The molecule has 0 aromatic rings. The van der Waals surface area contributed by atoms with Crippen molar-refractivity contribution in [2.45, 2.75) is 38.5 Å². The number of rotatable bonds is 2. The number of hydrogen-bond acceptors (Lipinski definition) is 2. The number of hydrogen-bond donors (Lipinski definition) is 1. The molecule has 1 aliphatic carbocycles. The summed E-state index contributed by atoms with van der Waals surface area (Å²) in [7, 11) is 0. The van der Waals surface area contributed by atoms with Crippen LogP contribution in [0, 0.1) is 17.8 Å². The van der Waals surface area contributed by atoms with Crippen LogP contribution in [0.5, 0.6) is 0 Å². The molecule has 2 aliphatic heterocycles. The first kappa shape index (κ1) is 13.6. The number of halogens is 1. The number of likely N-dealkylation sites (tertiary alicyclic amines) is 1. The molecule has 2 heterocycles. The summed E-state index contributed by atoms with van der Waals surface area (Å²) in [4.78, 5) is 2.77. The lowest BCUT2D eigenvalue weighted by Gasteiger charge is -2.23. The van der Waals surface area contributed by atoms with Crippen molar-refractivity contribution in [3.8, 4) is 0 Å². The zero-order valence-electron chi connectivity index (χ0n) is 10.9. The highest BCUT2D eigenvalue weighted by molar-refractivity contribution is 5.85. The van der Waals surface area contributed by atoms with Gasteiger partial charge < -0.3 is 10.2 Å². The van der Waals surface area contributed by atoms with E-state index in [1.165, 1.54) is 71.2 Å². The summed E-state index contributed by atoms with van der Waals surface area (Å²) in [5, 5.41) is 3.53. The first-order valence-corrected chi connectivity index (χ1v) is 7.35. The molecule has 2 saturated heterocycles. The summed E-state index contributed by atoms with van der Waals surface area (Å²) in [6, 6.07) is 0. The molecule has 0 radical (unpaired) electrons. The predicted molar refractivity (Wildman–Crippen MR) is 74.7 cm³/mol. The van der Waals surface area contributed by atoms with E-state index in [0.29, 0.717) is 0 Å². The molecule has 0 amide bonds. The Morgan fingerprint density at radius 3 is 2.06 bits per heavy atom. The van der Waals surface area contributed by atoms with Crippen LogP contribution in [0.4, 0.5) is 0 Å². The minimum Gasteiger partial charge on any atom is -0.316 e. The molecule has 0 spiro atoms. The van der Waals surface area contributed by atoms with Crippen molar-refractivity contribution in [3.05, 3.63) is 0 Å². The number of nitrogens with zero attached hydrogens (tertiary/aromatic N) is 1. The Labute approximate surface area is 112 Å². The first-order valence-electron chi connectivity index (χ1n) is 7.35. The maximum Gasteiger partial charge on any atom is 0.00257 e. The average molecular weight is 259 g/mol. The van der Waals surface area contributed by atoms with Crippen molar-refractivity contribution in [3.63, 3.8) is 0 Å². The summed E-state index contributed by atoms with van der Waals surface area (Å²) in [6.45, 7) is 6.74. The van der Waals surface area contributed by atoms with Crippen LogP contribution in [0.15, 0.2) is 0 Å². The molecule has 1 saturated carbocycles. The van der Waals surface area contributed by atoms with Gasteiger partial charge in [0.25, 0.3) is 0 Å². The number of fused-ring (bicyclic) bond motifs is 1. The third-order valence-corrected chi connectivity index (χ3v) is 4.96. The monoisotopic (exact) mass is 258 g/mol. The molecule has 1 N–H and O–H groups in total. The summed E-state index contributed by atoms with van der Waals surface area (Å²) in [6.07, 6.45) is 8.98. The molecule has 3 heteroatoms. The van der Waals surface area contributed by atoms with Gasteiger partial charge in [-0.25, -0.2) is 0 Å². The Morgan fingerprint density at radius 2 is 1.47 bits per heavy atom. The molecule has 3 rings (SSSR count). The first-order chi connectivity index (χ1) is 7.92. The van der Waals surface area contributed by atoms with Gasteiger partial charge in [0.2, 0.25) is 0 Å². The third-order valence-electron chi connectivity index (χ3n) is 4.96.